The van der Waals surface area contributed by atoms with Crippen molar-refractivity contribution >= 4 is 17.8 Å². The summed E-state index contributed by atoms with van der Waals surface area (Å²) in [5.74, 6) is -1.04. The number of primary amides is 1. The highest BCUT2D eigenvalue weighted by molar-refractivity contribution is 6.00. The van der Waals surface area contributed by atoms with E-state index in [0.29, 0.717) is 35.6 Å². The molecule has 0 saturated carbocycles. The quantitative estimate of drug-likeness (QED) is 0.659. The first-order chi connectivity index (χ1) is 11.3. The van der Waals surface area contributed by atoms with E-state index in [1.165, 1.54) is 7.11 Å². The maximum absolute atomic E-state index is 12.5. The Bertz CT molecular complexity index is 645. The average molecular weight is 336 g/mol. The number of esters is 1. The van der Waals surface area contributed by atoms with E-state index >= 15 is 0 Å². The van der Waals surface area contributed by atoms with Crippen LogP contribution in [-0.4, -0.2) is 60.5 Å². The number of nitrogens with one attached hydrogen (secondary N) is 2. The summed E-state index contributed by atoms with van der Waals surface area (Å²) in [5.41, 5.74) is 7.17. The molecule has 132 valence electrons. The highest BCUT2D eigenvalue weighted by Gasteiger charge is 2.26. The summed E-state index contributed by atoms with van der Waals surface area (Å²) < 4.78 is 4.75. The minimum atomic E-state index is -0.458. The molecule has 2 amide bonds. The van der Waals surface area contributed by atoms with Crippen LogP contribution in [0.5, 0.6) is 0 Å². The molecule has 1 aromatic rings. The molecule has 2 heterocycles. The van der Waals surface area contributed by atoms with E-state index in [-0.39, 0.29) is 24.4 Å². The molecule has 1 aromatic heterocycles. The monoisotopic (exact) mass is 336 g/mol. The number of aromatic amines is 1. The smallest absolute Gasteiger partial charge is 0.339 e. The van der Waals surface area contributed by atoms with Crippen molar-refractivity contribution in [3.63, 3.8) is 0 Å². The summed E-state index contributed by atoms with van der Waals surface area (Å²) in [6, 6.07) is 0.0335. The second-order valence-electron chi connectivity index (χ2n) is 6.11. The van der Waals surface area contributed by atoms with E-state index in [4.69, 9.17) is 10.5 Å². The van der Waals surface area contributed by atoms with Gasteiger partial charge >= 0.3 is 5.97 Å². The van der Waals surface area contributed by atoms with Crippen molar-refractivity contribution in [2.24, 2.45) is 5.73 Å². The molecule has 0 aromatic carbocycles. The van der Waals surface area contributed by atoms with Gasteiger partial charge in [0.15, 0.2) is 0 Å². The molecule has 8 nitrogen and oxygen atoms in total. The molecule has 1 saturated heterocycles. The van der Waals surface area contributed by atoms with E-state index in [9.17, 15) is 14.4 Å². The Balaban J connectivity index is 1.99. The predicted molar refractivity (Wildman–Crippen MR) is 87.7 cm³/mol. The van der Waals surface area contributed by atoms with Crippen LogP contribution in [0, 0.1) is 13.8 Å². The molecule has 0 bridgehead atoms. The van der Waals surface area contributed by atoms with Crippen molar-refractivity contribution in [2.75, 3.05) is 26.7 Å². The van der Waals surface area contributed by atoms with Crippen LogP contribution in [0.15, 0.2) is 0 Å². The summed E-state index contributed by atoms with van der Waals surface area (Å²) in [4.78, 5) is 40.2. The molecular formula is C16H24N4O4. The van der Waals surface area contributed by atoms with Crippen molar-refractivity contribution in [1.82, 2.24) is 15.2 Å². The number of methoxy groups -OCH3 is 1. The third kappa shape index (κ3) is 3.94. The Morgan fingerprint density at radius 3 is 2.46 bits per heavy atom. The van der Waals surface area contributed by atoms with Crippen molar-refractivity contribution in [2.45, 2.75) is 32.7 Å². The number of likely N-dealkylation sites (tertiary alicyclic amines) is 1. The predicted octanol–water partition coefficient (Wildman–Crippen LogP) is 0.0976. The van der Waals surface area contributed by atoms with E-state index in [0.717, 1.165) is 12.8 Å². The third-order valence-corrected chi connectivity index (χ3v) is 4.36. The van der Waals surface area contributed by atoms with Crippen molar-refractivity contribution < 1.29 is 19.1 Å². The van der Waals surface area contributed by atoms with Gasteiger partial charge in [-0.15, -0.1) is 0 Å². The van der Waals surface area contributed by atoms with E-state index in [1.54, 1.807) is 13.8 Å². The van der Waals surface area contributed by atoms with Gasteiger partial charge in [-0.25, -0.2) is 4.79 Å². The van der Waals surface area contributed by atoms with Gasteiger partial charge in [-0.1, -0.05) is 0 Å². The number of piperidine rings is 1. The molecule has 0 aliphatic carbocycles. The van der Waals surface area contributed by atoms with E-state index in [2.05, 4.69) is 10.3 Å². The first-order valence-electron chi connectivity index (χ1n) is 7.92. The number of nitrogens with two attached hydrogens (primary N) is 1. The number of amides is 2. The number of hydrogen-bond acceptors (Lipinski definition) is 5. The molecule has 1 fully saturated rings. The first-order valence-corrected chi connectivity index (χ1v) is 7.92. The number of aromatic nitrogens is 1. The zero-order valence-electron chi connectivity index (χ0n) is 14.3. The van der Waals surface area contributed by atoms with Crippen molar-refractivity contribution in [3.8, 4) is 0 Å². The van der Waals surface area contributed by atoms with Crippen molar-refractivity contribution in [3.05, 3.63) is 22.5 Å². The van der Waals surface area contributed by atoms with Crippen LogP contribution in [0.2, 0.25) is 0 Å². The van der Waals surface area contributed by atoms with Gasteiger partial charge < -0.3 is 20.8 Å². The SMILES string of the molecule is COC(=O)c1c(C)[nH]c(C(=O)NC2CCN(CC(N)=O)CC2)c1C. The van der Waals surface area contributed by atoms with Crippen LogP contribution < -0.4 is 11.1 Å². The lowest BCUT2D eigenvalue weighted by Gasteiger charge is -2.31. The second kappa shape index (κ2) is 7.48. The number of carbonyl (C=O) groups excluding carboxylic acids is 3. The van der Waals surface area contributed by atoms with E-state index in [1.807, 2.05) is 4.90 Å². The van der Waals surface area contributed by atoms with Gasteiger partial charge in [0, 0.05) is 24.8 Å². The Morgan fingerprint density at radius 2 is 1.92 bits per heavy atom. The molecule has 0 radical (unpaired) electrons. The molecule has 0 spiro atoms. The largest absolute Gasteiger partial charge is 0.465 e. The van der Waals surface area contributed by atoms with Gasteiger partial charge in [0.25, 0.3) is 5.91 Å². The summed E-state index contributed by atoms with van der Waals surface area (Å²) >= 11 is 0. The van der Waals surface area contributed by atoms with Gasteiger partial charge in [0.2, 0.25) is 5.91 Å². The molecule has 0 unspecified atom stereocenters. The van der Waals surface area contributed by atoms with Crippen LogP contribution in [0.3, 0.4) is 0 Å². The Kier molecular flexibility index (Phi) is 5.61. The fourth-order valence-electron chi connectivity index (χ4n) is 3.10. The minimum Gasteiger partial charge on any atom is -0.465 e. The molecule has 8 heteroatoms. The van der Waals surface area contributed by atoms with Crippen LogP contribution in [0.25, 0.3) is 0 Å². The lowest BCUT2D eigenvalue weighted by molar-refractivity contribution is -0.119. The number of nitrogens with zero attached hydrogens (tertiary/aromatic N) is 1. The summed E-state index contributed by atoms with van der Waals surface area (Å²) in [5, 5.41) is 2.98. The molecule has 1 aliphatic rings. The number of hydrogen-bond donors (Lipinski definition) is 3. The third-order valence-electron chi connectivity index (χ3n) is 4.36. The fraction of sp³-hybridized carbons (Fsp3) is 0.562. The van der Waals surface area contributed by atoms with Crippen LogP contribution in [0.4, 0.5) is 0 Å². The van der Waals surface area contributed by atoms with Crippen LogP contribution in [0.1, 0.15) is 44.9 Å². The van der Waals surface area contributed by atoms with E-state index < -0.39 is 5.97 Å². The summed E-state index contributed by atoms with van der Waals surface area (Å²) in [6.07, 6.45) is 1.50. The minimum absolute atomic E-state index is 0.0335. The molecular weight excluding hydrogens is 312 g/mol. The number of carbonyl (C=O) groups is 3. The first kappa shape index (κ1) is 18.0. The van der Waals surface area contributed by atoms with Crippen LogP contribution >= 0.6 is 0 Å². The molecule has 0 atom stereocenters. The highest BCUT2D eigenvalue weighted by atomic mass is 16.5. The number of ether oxygens (including phenoxy) is 1. The molecule has 24 heavy (non-hydrogen) atoms. The summed E-state index contributed by atoms with van der Waals surface area (Å²) in [6.45, 7) is 5.13. The van der Waals surface area contributed by atoms with Gasteiger partial charge in [0.1, 0.15) is 5.69 Å². The number of H-pyrrole nitrogens is 1. The lowest BCUT2D eigenvalue weighted by atomic mass is 10.0. The zero-order chi connectivity index (χ0) is 17.9. The fourth-order valence-corrected chi connectivity index (χ4v) is 3.10. The zero-order valence-corrected chi connectivity index (χ0v) is 14.3. The standard InChI is InChI=1S/C16H24N4O4/c1-9-13(16(23)24-3)10(2)18-14(9)15(22)19-11-4-6-20(7-5-11)8-12(17)21/h11,18H,4-8H2,1-3H3,(H2,17,21)(H,19,22). The lowest BCUT2D eigenvalue weighted by Crippen LogP contribution is -2.46. The second-order valence-corrected chi connectivity index (χ2v) is 6.11. The molecule has 1 aliphatic heterocycles. The topological polar surface area (TPSA) is 118 Å². The van der Waals surface area contributed by atoms with Gasteiger partial charge in [-0.2, -0.15) is 0 Å². The highest BCUT2D eigenvalue weighted by Crippen LogP contribution is 2.19. The maximum Gasteiger partial charge on any atom is 0.339 e. The van der Waals surface area contributed by atoms with Gasteiger partial charge in [-0.05, 0) is 32.3 Å². The molecule has 4 N–H and O–H groups in total. The van der Waals surface area contributed by atoms with Crippen LogP contribution in [-0.2, 0) is 9.53 Å². The van der Waals surface area contributed by atoms with Gasteiger partial charge in [0.05, 0.1) is 19.2 Å². The summed E-state index contributed by atoms with van der Waals surface area (Å²) in [7, 11) is 1.31. The number of rotatable bonds is 5. The van der Waals surface area contributed by atoms with Gasteiger partial charge in [-0.3, -0.25) is 14.5 Å². The Hall–Kier alpha value is -2.35. The Morgan fingerprint density at radius 1 is 1.29 bits per heavy atom. The Labute approximate surface area is 140 Å². The average Bonchev–Trinajstić information content (AvgIpc) is 2.83. The maximum atomic E-state index is 12.5. The molecule has 2 rings (SSSR count). The number of aryl methyl sites for hydroxylation is 1. The van der Waals surface area contributed by atoms with Crippen molar-refractivity contribution in [1.29, 1.82) is 0 Å². The normalized spacial score (nSPS) is 16.0.